The van der Waals surface area contributed by atoms with Gasteiger partial charge in [-0.25, -0.2) is 0 Å². The average Bonchev–Trinajstić information content (AvgIpc) is 2.33. The summed E-state index contributed by atoms with van der Waals surface area (Å²) in [6, 6.07) is 6.74. The van der Waals surface area contributed by atoms with Gasteiger partial charge in [0.1, 0.15) is 0 Å². The predicted octanol–water partition coefficient (Wildman–Crippen LogP) is 4.84. The van der Waals surface area contributed by atoms with Crippen molar-refractivity contribution in [2.75, 3.05) is 7.05 Å². The van der Waals surface area contributed by atoms with Crippen LogP contribution in [0.2, 0.25) is 0 Å². The quantitative estimate of drug-likeness (QED) is 0.849. The Morgan fingerprint density at radius 2 is 2.22 bits per heavy atom. The first-order valence-corrected chi connectivity index (χ1v) is 8.46. The van der Waals surface area contributed by atoms with E-state index in [1.54, 1.807) is 0 Å². The molecule has 18 heavy (non-hydrogen) atoms. The third kappa shape index (κ3) is 4.01. The van der Waals surface area contributed by atoms with E-state index in [-0.39, 0.29) is 0 Å². The van der Waals surface area contributed by atoms with Crippen LogP contribution >= 0.6 is 27.7 Å². The highest BCUT2D eigenvalue weighted by Gasteiger charge is 2.20. The summed E-state index contributed by atoms with van der Waals surface area (Å²) in [4.78, 5) is 1.40. The van der Waals surface area contributed by atoms with Gasteiger partial charge in [-0.2, -0.15) is 0 Å². The predicted molar refractivity (Wildman–Crippen MR) is 84.2 cm³/mol. The zero-order valence-corrected chi connectivity index (χ0v) is 13.6. The molecule has 0 aliphatic heterocycles. The number of benzene rings is 1. The van der Waals surface area contributed by atoms with Gasteiger partial charge in [-0.1, -0.05) is 25.8 Å². The van der Waals surface area contributed by atoms with Crippen molar-refractivity contribution in [2.24, 2.45) is 5.92 Å². The second kappa shape index (κ2) is 6.97. The molecule has 2 atom stereocenters. The lowest BCUT2D eigenvalue weighted by atomic mass is 9.91. The molecule has 1 N–H and O–H groups in total. The molecular weight excluding hydrogens is 306 g/mol. The highest BCUT2D eigenvalue weighted by atomic mass is 79.9. The standard InChI is InChI=1S/C15H22BrNS/c1-11-4-3-5-13(8-11)18-15-7-6-12(10-17-2)9-14(15)16/h6-7,9,11,13,17H,3-5,8,10H2,1-2H3. The molecule has 1 aliphatic rings. The van der Waals surface area contributed by atoms with Gasteiger partial charge in [0.15, 0.2) is 0 Å². The van der Waals surface area contributed by atoms with Gasteiger partial charge in [-0.05, 0) is 59.4 Å². The minimum atomic E-state index is 0.806. The summed E-state index contributed by atoms with van der Waals surface area (Å²) in [5.41, 5.74) is 1.34. The van der Waals surface area contributed by atoms with Crippen molar-refractivity contribution in [3.63, 3.8) is 0 Å². The Balaban J connectivity index is 2.00. The van der Waals surface area contributed by atoms with Crippen LogP contribution in [0.25, 0.3) is 0 Å². The number of hydrogen-bond donors (Lipinski definition) is 1. The van der Waals surface area contributed by atoms with Gasteiger partial charge < -0.3 is 5.32 Å². The Hall–Kier alpha value is 0.01000. The van der Waals surface area contributed by atoms with Crippen LogP contribution in [-0.4, -0.2) is 12.3 Å². The van der Waals surface area contributed by atoms with E-state index in [4.69, 9.17) is 0 Å². The SMILES string of the molecule is CNCc1ccc(SC2CCCC(C)C2)c(Br)c1. The van der Waals surface area contributed by atoms with Crippen molar-refractivity contribution >= 4 is 27.7 Å². The fraction of sp³-hybridized carbons (Fsp3) is 0.600. The second-order valence-electron chi connectivity index (χ2n) is 5.31. The molecule has 0 radical (unpaired) electrons. The number of halogens is 1. The van der Waals surface area contributed by atoms with Crippen LogP contribution in [0, 0.1) is 5.92 Å². The Morgan fingerprint density at radius 3 is 2.89 bits per heavy atom. The van der Waals surface area contributed by atoms with E-state index in [0.29, 0.717) is 0 Å². The van der Waals surface area contributed by atoms with Crippen molar-refractivity contribution in [3.05, 3.63) is 28.2 Å². The molecule has 100 valence electrons. The molecular formula is C15H22BrNS. The molecule has 1 fully saturated rings. The van der Waals surface area contributed by atoms with Crippen molar-refractivity contribution < 1.29 is 0 Å². The van der Waals surface area contributed by atoms with Gasteiger partial charge >= 0.3 is 0 Å². The van der Waals surface area contributed by atoms with Crippen molar-refractivity contribution in [1.82, 2.24) is 5.32 Å². The molecule has 0 amide bonds. The summed E-state index contributed by atoms with van der Waals surface area (Å²) in [6.07, 6.45) is 5.56. The largest absolute Gasteiger partial charge is 0.316 e. The molecule has 1 aromatic carbocycles. The van der Waals surface area contributed by atoms with Gasteiger partial charge in [-0.15, -0.1) is 11.8 Å². The first-order chi connectivity index (χ1) is 8.69. The monoisotopic (exact) mass is 327 g/mol. The van der Waals surface area contributed by atoms with E-state index in [0.717, 1.165) is 17.7 Å². The lowest BCUT2D eigenvalue weighted by Crippen LogP contribution is -2.15. The van der Waals surface area contributed by atoms with E-state index < -0.39 is 0 Å². The van der Waals surface area contributed by atoms with Crippen LogP contribution in [0.1, 0.15) is 38.2 Å². The summed E-state index contributed by atoms with van der Waals surface area (Å²) in [5.74, 6) is 0.901. The maximum Gasteiger partial charge on any atom is 0.0314 e. The number of nitrogens with one attached hydrogen (secondary N) is 1. The van der Waals surface area contributed by atoms with Crippen LogP contribution in [-0.2, 0) is 6.54 Å². The van der Waals surface area contributed by atoms with Crippen molar-refractivity contribution in [1.29, 1.82) is 0 Å². The Bertz CT molecular complexity index is 394. The van der Waals surface area contributed by atoms with Crippen molar-refractivity contribution in [3.8, 4) is 0 Å². The molecule has 0 saturated heterocycles. The van der Waals surface area contributed by atoms with Crippen LogP contribution in [0.5, 0.6) is 0 Å². The summed E-state index contributed by atoms with van der Waals surface area (Å²) in [5, 5.41) is 4.00. The van der Waals surface area contributed by atoms with E-state index in [1.165, 1.54) is 40.6 Å². The highest BCUT2D eigenvalue weighted by molar-refractivity contribution is 9.10. The molecule has 1 aromatic rings. The Morgan fingerprint density at radius 1 is 1.39 bits per heavy atom. The van der Waals surface area contributed by atoms with Gasteiger partial charge in [0, 0.05) is 21.2 Å². The highest BCUT2D eigenvalue weighted by Crippen LogP contribution is 2.39. The van der Waals surface area contributed by atoms with Crippen LogP contribution < -0.4 is 5.32 Å². The minimum Gasteiger partial charge on any atom is -0.316 e. The van der Waals surface area contributed by atoms with E-state index >= 15 is 0 Å². The molecule has 0 spiro atoms. The van der Waals surface area contributed by atoms with Crippen LogP contribution in [0.3, 0.4) is 0 Å². The smallest absolute Gasteiger partial charge is 0.0314 e. The second-order valence-corrected chi connectivity index (χ2v) is 7.50. The van der Waals surface area contributed by atoms with E-state index in [1.807, 2.05) is 7.05 Å². The van der Waals surface area contributed by atoms with Crippen LogP contribution in [0.4, 0.5) is 0 Å². The first-order valence-electron chi connectivity index (χ1n) is 6.78. The molecule has 2 unspecified atom stereocenters. The zero-order valence-electron chi connectivity index (χ0n) is 11.2. The maximum absolute atomic E-state index is 3.71. The fourth-order valence-corrected chi connectivity index (χ4v) is 4.71. The van der Waals surface area contributed by atoms with Crippen molar-refractivity contribution in [2.45, 2.75) is 49.3 Å². The Labute approximate surface area is 123 Å². The molecule has 0 bridgehead atoms. The third-order valence-corrected chi connectivity index (χ3v) is 5.85. The third-order valence-electron chi connectivity index (χ3n) is 3.56. The molecule has 1 nitrogen and oxygen atoms in total. The zero-order chi connectivity index (χ0) is 13.0. The lowest BCUT2D eigenvalue weighted by molar-refractivity contribution is 0.394. The number of hydrogen-bond acceptors (Lipinski definition) is 2. The normalized spacial score (nSPS) is 24.2. The summed E-state index contributed by atoms with van der Waals surface area (Å²) >= 11 is 5.76. The van der Waals surface area contributed by atoms with E-state index in [9.17, 15) is 0 Å². The molecule has 2 rings (SSSR count). The van der Waals surface area contributed by atoms with Gasteiger partial charge in [0.25, 0.3) is 0 Å². The van der Waals surface area contributed by atoms with Gasteiger partial charge in [0.2, 0.25) is 0 Å². The summed E-state index contributed by atoms with van der Waals surface area (Å²) < 4.78 is 1.25. The lowest BCUT2D eigenvalue weighted by Gasteiger charge is -2.26. The summed E-state index contributed by atoms with van der Waals surface area (Å²) in [7, 11) is 1.99. The molecule has 0 heterocycles. The average molecular weight is 328 g/mol. The van der Waals surface area contributed by atoms with Gasteiger partial charge in [0.05, 0.1) is 0 Å². The minimum absolute atomic E-state index is 0.806. The molecule has 0 aromatic heterocycles. The Kier molecular flexibility index (Phi) is 5.58. The number of rotatable bonds is 4. The van der Waals surface area contributed by atoms with E-state index in [2.05, 4.69) is 58.1 Å². The van der Waals surface area contributed by atoms with Gasteiger partial charge in [-0.3, -0.25) is 0 Å². The fourth-order valence-electron chi connectivity index (χ4n) is 2.62. The number of thioether (sulfide) groups is 1. The summed E-state index contributed by atoms with van der Waals surface area (Å²) in [6.45, 7) is 3.32. The maximum atomic E-state index is 3.71. The molecule has 1 saturated carbocycles. The molecule has 3 heteroatoms. The molecule has 1 aliphatic carbocycles. The topological polar surface area (TPSA) is 12.0 Å². The van der Waals surface area contributed by atoms with Crippen LogP contribution in [0.15, 0.2) is 27.6 Å². The first kappa shape index (κ1) is 14.4.